The van der Waals surface area contributed by atoms with Crippen LogP contribution in [0.5, 0.6) is 5.75 Å². The van der Waals surface area contributed by atoms with E-state index in [1.165, 1.54) is 11.8 Å². The highest BCUT2D eigenvalue weighted by Gasteiger charge is 2.33. The van der Waals surface area contributed by atoms with E-state index in [9.17, 15) is 4.79 Å². The average Bonchev–Trinajstić information content (AvgIpc) is 2.91. The summed E-state index contributed by atoms with van der Waals surface area (Å²) in [5, 5.41) is 0. The maximum Gasteiger partial charge on any atom is 0.270 e. The molecule has 0 aliphatic carbocycles. The molecule has 6 heteroatoms. The van der Waals surface area contributed by atoms with Crippen LogP contribution in [0, 0.1) is 0 Å². The summed E-state index contributed by atoms with van der Waals surface area (Å²) in [6.45, 7) is 4.11. The maximum atomic E-state index is 12.9. The maximum absolute atomic E-state index is 12.9. The summed E-state index contributed by atoms with van der Waals surface area (Å²) in [7, 11) is 0. The van der Waals surface area contributed by atoms with E-state index >= 15 is 0 Å². The van der Waals surface area contributed by atoms with E-state index in [0.29, 0.717) is 9.23 Å². The van der Waals surface area contributed by atoms with Gasteiger partial charge in [0.05, 0.1) is 16.7 Å². The summed E-state index contributed by atoms with van der Waals surface area (Å²) < 4.78 is 7.46. The molecule has 3 nitrogen and oxygen atoms in total. The number of thioether (sulfide) groups is 1. The third-order valence-electron chi connectivity index (χ3n) is 3.99. The van der Waals surface area contributed by atoms with E-state index in [4.69, 9.17) is 17.0 Å². The Bertz CT molecular complexity index is 864. The lowest BCUT2D eigenvalue weighted by Gasteiger charge is -2.15. The zero-order chi connectivity index (χ0) is 18.7. The van der Waals surface area contributed by atoms with E-state index in [1.54, 1.807) is 4.90 Å². The van der Waals surface area contributed by atoms with Gasteiger partial charge in [-0.15, -0.1) is 0 Å². The number of hydrogen-bond acceptors (Lipinski definition) is 4. The lowest BCUT2D eigenvalue weighted by Crippen LogP contribution is -2.27. The summed E-state index contributed by atoms with van der Waals surface area (Å²) in [6, 6.07) is 15.3. The standard InChI is InChI=1S/C20H18BrNO2S2/c1-3-13(2)24-17-7-5-4-6-14(17)12-18-19(23)22(20(25)26-18)16-10-8-15(21)9-11-16/h4-13H,3H2,1-2H3/b18-12+/t13-/m0/s1. The minimum absolute atomic E-state index is 0.110. The van der Waals surface area contributed by atoms with Gasteiger partial charge in [-0.05, 0) is 49.8 Å². The molecule has 3 rings (SSSR count). The highest BCUT2D eigenvalue weighted by molar-refractivity contribution is 9.10. The summed E-state index contributed by atoms with van der Waals surface area (Å²) >= 11 is 10.1. The molecule has 0 radical (unpaired) electrons. The molecule has 2 aromatic rings. The molecule has 1 amide bonds. The smallest absolute Gasteiger partial charge is 0.270 e. The quantitative estimate of drug-likeness (QED) is 0.413. The number of halogens is 1. The minimum atomic E-state index is -0.110. The van der Waals surface area contributed by atoms with Crippen LogP contribution in [0.4, 0.5) is 5.69 Å². The molecular weight excluding hydrogens is 430 g/mol. The Morgan fingerprint density at radius 3 is 2.62 bits per heavy atom. The third kappa shape index (κ3) is 4.19. The van der Waals surface area contributed by atoms with Gasteiger partial charge in [-0.25, -0.2) is 0 Å². The van der Waals surface area contributed by atoms with E-state index in [1.807, 2.05) is 61.5 Å². The third-order valence-corrected chi connectivity index (χ3v) is 5.82. The van der Waals surface area contributed by atoms with Crippen LogP contribution >= 0.6 is 39.9 Å². The van der Waals surface area contributed by atoms with Crippen molar-refractivity contribution in [2.45, 2.75) is 26.4 Å². The van der Waals surface area contributed by atoms with Gasteiger partial charge in [0.25, 0.3) is 5.91 Å². The zero-order valence-corrected chi connectivity index (χ0v) is 17.7. The number of hydrogen-bond donors (Lipinski definition) is 0. The van der Waals surface area contributed by atoms with Crippen LogP contribution in [0.3, 0.4) is 0 Å². The number of amides is 1. The van der Waals surface area contributed by atoms with E-state index < -0.39 is 0 Å². The van der Waals surface area contributed by atoms with Gasteiger partial charge in [0, 0.05) is 10.0 Å². The number of para-hydroxylation sites is 1. The first kappa shape index (κ1) is 19.1. The summed E-state index contributed by atoms with van der Waals surface area (Å²) in [5.74, 6) is 0.663. The van der Waals surface area contributed by atoms with Crippen molar-refractivity contribution in [2.24, 2.45) is 0 Å². The molecule has 1 fully saturated rings. The molecule has 0 unspecified atom stereocenters. The lowest BCUT2D eigenvalue weighted by molar-refractivity contribution is -0.113. The highest BCUT2D eigenvalue weighted by Crippen LogP contribution is 2.37. The molecule has 0 bridgehead atoms. The predicted octanol–water partition coefficient (Wildman–Crippen LogP) is 6.03. The fourth-order valence-corrected chi connectivity index (χ4v) is 3.98. The molecule has 1 aliphatic rings. The van der Waals surface area contributed by atoms with Crippen LogP contribution in [0.15, 0.2) is 57.9 Å². The SMILES string of the molecule is CC[C@H](C)Oc1ccccc1/C=C1/SC(=S)N(c2ccc(Br)cc2)C1=O. The Balaban J connectivity index is 1.90. The Kier molecular flexibility index (Phi) is 6.16. The van der Waals surface area contributed by atoms with Crippen molar-refractivity contribution < 1.29 is 9.53 Å². The number of benzene rings is 2. The lowest BCUT2D eigenvalue weighted by atomic mass is 10.1. The van der Waals surface area contributed by atoms with Crippen molar-refractivity contribution >= 4 is 61.9 Å². The number of thiocarbonyl (C=S) groups is 1. The fraction of sp³-hybridized carbons (Fsp3) is 0.200. The monoisotopic (exact) mass is 447 g/mol. The second-order valence-corrected chi connectivity index (χ2v) is 8.46. The molecule has 1 heterocycles. The first-order valence-corrected chi connectivity index (χ1v) is 10.3. The van der Waals surface area contributed by atoms with E-state index in [-0.39, 0.29) is 12.0 Å². The number of rotatable bonds is 5. The van der Waals surface area contributed by atoms with Crippen LogP contribution in [-0.2, 0) is 4.79 Å². The molecule has 1 saturated heterocycles. The fourth-order valence-electron chi connectivity index (χ4n) is 2.43. The molecule has 2 aromatic carbocycles. The van der Waals surface area contributed by atoms with Gasteiger partial charge in [0.1, 0.15) is 5.75 Å². The van der Waals surface area contributed by atoms with Crippen molar-refractivity contribution in [3.8, 4) is 5.75 Å². The van der Waals surface area contributed by atoms with Gasteiger partial charge in [-0.1, -0.05) is 65.0 Å². The van der Waals surface area contributed by atoms with Crippen molar-refractivity contribution in [3.63, 3.8) is 0 Å². The molecule has 0 spiro atoms. The molecule has 1 atom stereocenters. The van der Waals surface area contributed by atoms with Crippen LogP contribution < -0.4 is 9.64 Å². The second kappa shape index (κ2) is 8.37. The molecular formula is C20H18BrNO2S2. The van der Waals surface area contributed by atoms with Gasteiger partial charge in [0.15, 0.2) is 4.32 Å². The van der Waals surface area contributed by atoms with Crippen LogP contribution in [0.2, 0.25) is 0 Å². The summed E-state index contributed by atoms with van der Waals surface area (Å²) in [5.41, 5.74) is 1.65. The number of carbonyl (C=O) groups is 1. The molecule has 26 heavy (non-hydrogen) atoms. The van der Waals surface area contributed by atoms with Crippen LogP contribution in [0.1, 0.15) is 25.8 Å². The van der Waals surface area contributed by atoms with Crippen molar-refractivity contribution in [3.05, 3.63) is 63.5 Å². The van der Waals surface area contributed by atoms with E-state index in [2.05, 4.69) is 22.9 Å². The van der Waals surface area contributed by atoms with Crippen molar-refractivity contribution in [2.75, 3.05) is 4.90 Å². The number of carbonyl (C=O) groups excluding carboxylic acids is 1. The van der Waals surface area contributed by atoms with Crippen molar-refractivity contribution in [1.82, 2.24) is 0 Å². The normalized spacial score (nSPS) is 17.0. The molecule has 0 saturated carbocycles. The predicted molar refractivity (Wildman–Crippen MR) is 117 cm³/mol. The average molecular weight is 448 g/mol. The first-order chi connectivity index (χ1) is 12.5. The number of anilines is 1. The molecule has 0 aromatic heterocycles. The van der Waals surface area contributed by atoms with Gasteiger partial charge >= 0.3 is 0 Å². The van der Waals surface area contributed by atoms with Gasteiger partial charge in [-0.3, -0.25) is 9.69 Å². The summed E-state index contributed by atoms with van der Waals surface area (Å²) in [4.78, 5) is 15.1. The summed E-state index contributed by atoms with van der Waals surface area (Å²) in [6.07, 6.45) is 2.89. The first-order valence-electron chi connectivity index (χ1n) is 8.28. The largest absolute Gasteiger partial charge is 0.490 e. The molecule has 0 N–H and O–H groups in total. The van der Waals surface area contributed by atoms with Crippen LogP contribution in [0.25, 0.3) is 6.08 Å². The molecule has 1 aliphatic heterocycles. The minimum Gasteiger partial charge on any atom is -0.490 e. The van der Waals surface area contributed by atoms with Gasteiger partial charge in [-0.2, -0.15) is 0 Å². The highest BCUT2D eigenvalue weighted by atomic mass is 79.9. The van der Waals surface area contributed by atoms with E-state index in [0.717, 1.165) is 27.9 Å². The number of nitrogens with zero attached hydrogens (tertiary/aromatic N) is 1. The Labute approximate surface area is 171 Å². The zero-order valence-electron chi connectivity index (χ0n) is 14.4. The Hall–Kier alpha value is -1.63. The topological polar surface area (TPSA) is 29.5 Å². The number of ether oxygens (including phenoxy) is 1. The Morgan fingerprint density at radius 2 is 1.92 bits per heavy atom. The van der Waals surface area contributed by atoms with Gasteiger partial charge in [0.2, 0.25) is 0 Å². The van der Waals surface area contributed by atoms with Gasteiger partial charge < -0.3 is 4.74 Å². The van der Waals surface area contributed by atoms with Crippen LogP contribution in [-0.4, -0.2) is 16.3 Å². The van der Waals surface area contributed by atoms with Crippen molar-refractivity contribution in [1.29, 1.82) is 0 Å². The Morgan fingerprint density at radius 1 is 1.23 bits per heavy atom. The second-order valence-electron chi connectivity index (χ2n) is 5.87. The molecule has 134 valence electrons.